The second-order valence-electron chi connectivity index (χ2n) is 6.25. The van der Waals surface area contributed by atoms with Crippen molar-refractivity contribution >= 4 is 21.1 Å². The van der Waals surface area contributed by atoms with Crippen molar-refractivity contribution in [1.29, 1.82) is 0 Å². The lowest BCUT2D eigenvalue weighted by Gasteiger charge is -2.25. The zero-order valence-corrected chi connectivity index (χ0v) is 13.4. The minimum Gasteiger partial charge on any atom is -0.345 e. The van der Waals surface area contributed by atoms with Gasteiger partial charge in [-0.2, -0.15) is 4.31 Å². The summed E-state index contributed by atoms with van der Waals surface area (Å²) in [6, 6.07) is 4.44. The van der Waals surface area contributed by atoms with Crippen LogP contribution in [0.1, 0.15) is 19.3 Å². The normalized spacial score (nSPS) is 27.3. The number of pyridine rings is 1. The van der Waals surface area contributed by atoms with E-state index < -0.39 is 10.0 Å². The van der Waals surface area contributed by atoms with Crippen molar-refractivity contribution in [1.82, 2.24) is 19.2 Å². The summed E-state index contributed by atoms with van der Waals surface area (Å²) in [5.41, 5.74) is 0.620. The molecule has 2 fully saturated rings. The predicted molar refractivity (Wildman–Crippen MR) is 84.0 cm³/mol. The van der Waals surface area contributed by atoms with Crippen molar-refractivity contribution in [2.24, 2.45) is 0 Å². The number of aromatic nitrogens is 2. The average molecular weight is 320 g/mol. The van der Waals surface area contributed by atoms with Crippen LogP contribution in [0.3, 0.4) is 0 Å². The molecule has 2 aliphatic heterocycles. The number of rotatable bonds is 2. The van der Waals surface area contributed by atoms with Crippen molar-refractivity contribution in [3.05, 3.63) is 24.5 Å². The van der Waals surface area contributed by atoms with Crippen LogP contribution in [0.25, 0.3) is 11.0 Å². The highest BCUT2D eigenvalue weighted by Gasteiger charge is 2.39. The minimum absolute atomic E-state index is 0.339. The lowest BCUT2D eigenvalue weighted by atomic mass is 10.1. The molecular formula is C15H20N4O2S. The lowest BCUT2D eigenvalue weighted by Crippen LogP contribution is -2.39. The fourth-order valence-corrected chi connectivity index (χ4v) is 5.42. The Balaban J connectivity index is 1.72. The van der Waals surface area contributed by atoms with Crippen LogP contribution in [0.4, 0.5) is 0 Å². The third kappa shape index (κ3) is 2.07. The van der Waals surface area contributed by atoms with Gasteiger partial charge in [-0.15, -0.1) is 0 Å². The van der Waals surface area contributed by atoms with Gasteiger partial charge in [0.05, 0.1) is 0 Å². The van der Waals surface area contributed by atoms with E-state index in [0.29, 0.717) is 41.1 Å². The van der Waals surface area contributed by atoms with Crippen LogP contribution in [-0.4, -0.2) is 59.8 Å². The number of likely N-dealkylation sites (N-methyl/N-ethyl adjacent to an activating group) is 1. The molecule has 1 N–H and O–H groups in total. The van der Waals surface area contributed by atoms with E-state index in [2.05, 4.69) is 21.9 Å². The fraction of sp³-hybridized carbons (Fsp3) is 0.533. The van der Waals surface area contributed by atoms with Gasteiger partial charge < -0.3 is 4.98 Å². The van der Waals surface area contributed by atoms with Gasteiger partial charge in [0.25, 0.3) is 0 Å². The molecule has 2 aliphatic rings. The Morgan fingerprint density at radius 2 is 2.09 bits per heavy atom. The summed E-state index contributed by atoms with van der Waals surface area (Å²) in [4.78, 5) is 9.84. The van der Waals surface area contributed by atoms with Gasteiger partial charge in [-0.05, 0) is 38.4 Å². The monoisotopic (exact) mass is 320 g/mol. The Hall–Kier alpha value is -1.44. The van der Waals surface area contributed by atoms with Crippen molar-refractivity contribution in [2.45, 2.75) is 36.2 Å². The van der Waals surface area contributed by atoms with Gasteiger partial charge in [0, 0.05) is 43.0 Å². The first-order chi connectivity index (χ1) is 10.6. The Morgan fingerprint density at radius 1 is 1.27 bits per heavy atom. The van der Waals surface area contributed by atoms with E-state index in [1.54, 1.807) is 22.8 Å². The highest BCUT2D eigenvalue weighted by molar-refractivity contribution is 7.89. The number of H-pyrrole nitrogens is 1. The number of hydrogen-bond donors (Lipinski definition) is 1. The Labute approximate surface area is 130 Å². The summed E-state index contributed by atoms with van der Waals surface area (Å²) >= 11 is 0. The van der Waals surface area contributed by atoms with Gasteiger partial charge in [0.15, 0.2) is 0 Å². The van der Waals surface area contributed by atoms with Crippen molar-refractivity contribution < 1.29 is 8.42 Å². The maximum Gasteiger partial charge on any atom is 0.245 e. The molecule has 0 radical (unpaired) electrons. The molecule has 2 bridgehead atoms. The molecule has 0 aliphatic carbocycles. The van der Waals surface area contributed by atoms with Gasteiger partial charge in [0.1, 0.15) is 10.5 Å². The van der Waals surface area contributed by atoms with Crippen LogP contribution in [0, 0.1) is 0 Å². The van der Waals surface area contributed by atoms with Crippen LogP contribution in [-0.2, 0) is 10.0 Å². The molecule has 22 heavy (non-hydrogen) atoms. The number of hydrogen-bond acceptors (Lipinski definition) is 4. The van der Waals surface area contributed by atoms with Gasteiger partial charge in [-0.3, -0.25) is 4.90 Å². The second-order valence-corrected chi connectivity index (χ2v) is 8.16. The van der Waals surface area contributed by atoms with Crippen LogP contribution in [0.15, 0.2) is 29.4 Å². The maximum absolute atomic E-state index is 13.1. The SMILES string of the molecule is CN1[C@H]2CC[C@H]1CN(S(=O)(=O)c1c[nH]c3ncccc13)CC2. The first-order valence-electron chi connectivity index (χ1n) is 7.71. The minimum atomic E-state index is -3.48. The molecule has 118 valence electrons. The molecule has 6 nitrogen and oxygen atoms in total. The number of nitrogens with zero attached hydrogens (tertiary/aromatic N) is 3. The molecule has 0 spiro atoms. The van der Waals surface area contributed by atoms with Gasteiger partial charge in [0.2, 0.25) is 10.0 Å². The van der Waals surface area contributed by atoms with E-state index in [-0.39, 0.29) is 0 Å². The summed E-state index contributed by atoms with van der Waals surface area (Å²) in [6.07, 6.45) is 6.41. The summed E-state index contributed by atoms with van der Waals surface area (Å²) in [7, 11) is -1.36. The van der Waals surface area contributed by atoms with Gasteiger partial charge in [-0.25, -0.2) is 13.4 Å². The predicted octanol–water partition coefficient (Wildman–Crippen LogP) is 1.42. The first kappa shape index (κ1) is 14.2. The van der Waals surface area contributed by atoms with Gasteiger partial charge in [-0.1, -0.05) is 0 Å². The lowest BCUT2D eigenvalue weighted by molar-refractivity contribution is 0.246. The van der Waals surface area contributed by atoms with Gasteiger partial charge >= 0.3 is 0 Å². The van der Waals surface area contributed by atoms with E-state index in [0.717, 1.165) is 12.8 Å². The standard InChI is InChI=1S/C15H20N4O2S/c1-18-11-4-5-12(18)10-19(8-6-11)22(20,21)14-9-17-15-13(14)3-2-7-16-15/h2-3,7,9,11-12H,4-6,8,10H2,1H3,(H,16,17)/t11-,12-/m0/s1. The van der Waals surface area contributed by atoms with Crippen molar-refractivity contribution in [3.63, 3.8) is 0 Å². The van der Waals surface area contributed by atoms with E-state index >= 15 is 0 Å². The quantitative estimate of drug-likeness (QED) is 0.908. The Morgan fingerprint density at radius 3 is 2.95 bits per heavy atom. The molecule has 0 unspecified atom stereocenters. The number of nitrogens with one attached hydrogen (secondary N) is 1. The summed E-state index contributed by atoms with van der Waals surface area (Å²) in [6.45, 7) is 1.18. The largest absolute Gasteiger partial charge is 0.345 e. The first-order valence-corrected chi connectivity index (χ1v) is 9.15. The van der Waals surface area contributed by atoms with E-state index in [1.807, 2.05) is 6.07 Å². The molecule has 0 amide bonds. The summed E-state index contributed by atoms with van der Waals surface area (Å²) < 4.78 is 27.8. The van der Waals surface area contributed by atoms with E-state index in [1.165, 1.54) is 6.42 Å². The molecule has 2 atom stereocenters. The van der Waals surface area contributed by atoms with Crippen LogP contribution in [0.2, 0.25) is 0 Å². The zero-order valence-electron chi connectivity index (χ0n) is 12.6. The topological polar surface area (TPSA) is 69.3 Å². The number of sulfonamides is 1. The van der Waals surface area contributed by atoms with Crippen LogP contribution in [0.5, 0.6) is 0 Å². The molecular weight excluding hydrogens is 300 g/mol. The third-order valence-corrected chi connectivity index (χ3v) is 7.05. The van der Waals surface area contributed by atoms with Crippen molar-refractivity contribution in [3.8, 4) is 0 Å². The molecule has 0 saturated carbocycles. The Bertz CT molecular complexity index is 801. The molecule has 7 heteroatoms. The van der Waals surface area contributed by atoms with E-state index in [4.69, 9.17) is 0 Å². The zero-order chi connectivity index (χ0) is 15.3. The van der Waals surface area contributed by atoms with Crippen LogP contribution >= 0.6 is 0 Å². The molecule has 2 saturated heterocycles. The average Bonchev–Trinajstić information content (AvgIpc) is 3.01. The summed E-state index contributed by atoms with van der Waals surface area (Å²) in [5.74, 6) is 0. The molecule has 2 aromatic heterocycles. The maximum atomic E-state index is 13.1. The smallest absolute Gasteiger partial charge is 0.245 e. The molecule has 4 heterocycles. The number of fused-ring (bicyclic) bond motifs is 3. The molecule has 2 aromatic rings. The van der Waals surface area contributed by atoms with Crippen molar-refractivity contribution in [2.75, 3.05) is 20.1 Å². The highest BCUT2D eigenvalue weighted by Crippen LogP contribution is 2.32. The third-order valence-electron chi connectivity index (χ3n) is 5.14. The Kier molecular flexibility index (Phi) is 3.25. The molecule has 4 rings (SSSR count). The fourth-order valence-electron chi connectivity index (χ4n) is 3.78. The van der Waals surface area contributed by atoms with E-state index in [9.17, 15) is 8.42 Å². The molecule has 0 aromatic carbocycles. The summed E-state index contributed by atoms with van der Waals surface area (Å²) in [5, 5.41) is 0.672. The van der Waals surface area contributed by atoms with Crippen LogP contribution < -0.4 is 0 Å². The second kappa shape index (κ2) is 5.04. The highest BCUT2D eigenvalue weighted by atomic mass is 32.2. The number of aromatic amines is 1.